The van der Waals surface area contributed by atoms with E-state index < -0.39 is 0 Å². The van der Waals surface area contributed by atoms with E-state index in [1.807, 2.05) is 12.1 Å². The maximum Gasteiger partial charge on any atom is 0.192 e. The van der Waals surface area contributed by atoms with Gasteiger partial charge in [-0.2, -0.15) is 0 Å². The van der Waals surface area contributed by atoms with Crippen molar-refractivity contribution in [3.05, 3.63) is 24.2 Å². The van der Waals surface area contributed by atoms with Crippen LogP contribution in [0.4, 0.5) is 0 Å². The van der Waals surface area contributed by atoms with Gasteiger partial charge in [0.15, 0.2) is 5.12 Å². The van der Waals surface area contributed by atoms with Crippen LogP contribution in [0, 0.1) is 5.92 Å². The molecule has 2 nitrogen and oxygen atoms in total. The first-order valence-corrected chi connectivity index (χ1v) is 5.04. The largest absolute Gasteiger partial charge is 0.468 e. The summed E-state index contributed by atoms with van der Waals surface area (Å²) in [5.74, 6) is 1.92. The fourth-order valence-electron chi connectivity index (χ4n) is 0.974. The molecule has 0 atom stereocenters. The second-order valence-electron chi connectivity index (χ2n) is 2.96. The van der Waals surface area contributed by atoms with Crippen LogP contribution in [0.3, 0.4) is 0 Å². The monoisotopic (exact) mass is 182 g/mol. The molecule has 1 aliphatic rings. The van der Waals surface area contributed by atoms with Crippen LogP contribution in [-0.4, -0.2) is 5.12 Å². The Bertz CT molecular complexity index is 262. The van der Waals surface area contributed by atoms with Gasteiger partial charge >= 0.3 is 0 Å². The lowest BCUT2D eigenvalue weighted by molar-refractivity contribution is -0.112. The Morgan fingerprint density at radius 3 is 3.08 bits per heavy atom. The van der Waals surface area contributed by atoms with Gasteiger partial charge in [-0.05, 0) is 25.0 Å². The summed E-state index contributed by atoms with van der Waals surface area (Å²) in [5, 5.41) is 0.325. The summed E-state index contributed by atoms with van der Waals surface area (Å²) in [6.07, 6.45) is 3.81. The number of furan rings is 1. The zero-order chi connectivity index (χ0) is 8.39. The summed E-state index contributed by atoms with van der Waals surface area (Å²) < 4.78 is 5.11. The first-order valence-electron chi connectivity index (χ1n) is 4.05. The molecule has 0 N–H and O–H groups in total. The van der Waals surface area contributed by atoms with E-state index in [-0.39, 0.29) is 0 Å². The van der Waals surface area contributed by atoms with E-state index in [0.29, 0.717) is 16.8 Å². The van der Waals surface area contributed by atoms with Gasteiger partial charge in [0, 0.05) is 5.92 Å². The number of hydrogen-bond acceptors (Lipinski definition) is 3. The van der Waals surface area contributed by atoms with Gasteiger partial charge in [-0.3, -0.25) is 4.79 Å². The highest BCUT2D eigenvalue weighted by Gasteiger charge is 2.29. The van der Waals surface area contributed by atoms with Gasteiger partial charge in [0.25, 0.3) is 0 Å². The minimum absolute atomic E-state index is 0.325. The number of rotatable bonds is 3. The molecular weight excluding hydrogens is 172 g/mol. The zero-order valence-electron chi connectivity index (χ0n) is 6.66. The molecule has 12 heavy (non-hydrogen) atoms. The molecule has 64 valence electrons. The average molecular weight is 182 g/mol. The normalized spacial score (nSPS) is 16.3. The maximum absolute atomic E-state index is 11.2. The minimum Gasteiger partial charge on any atom is -0.468 e. The summed E-state index contributed by atoms with van der Waals surface area (Å²) in [6.45, 7) is 0. The molecule has 1 aliphatic carbocycles. The minimum atomic E-state index is 0.325. The van der Waals surface area contributed by atoms with Crippen LogP contribution >= 0.6 is 11.8 Å². The van der Waals surface area contributed by atoms with Crippen LogP contribution in [0.5, 0.6) is 0 Å². The van der Waals surface area contributed by atoms with E-state index >= 15 is 0 Å². The van der Waals surface area contributed by atoms with Crippen molar-refractivity contribution in [3.63, 3.8) is 0 Å². The Balaban J connectivity index is 1.78. The van der Waals surface area contributed by atoms with E-state index in [0.717, 1.165) is 18.6 Å². The highest BCUT2D eigenvalue weighted by Crippen LogP contribution is 2.34. The second-order valence-corrected chi connectivity index (χ2v) is 3.94. The van der Waals surface area contributed by atoms with Gasteiger partial charge in [0.1, 0.15) is 5.76 Å². The van der Waals surface area contributed by atoms with Crippen LogP contribution in [0.25, 0.3) is 0 Å². The number of carbonyl (C=O) groups excluding carboxylic acids is 1. The molecule has 0 radical (unpaired) electrons. The SMILES string of the molecule is O=C(SCc1ccco1)C1CC1. The summed E-state index contributed by atoms with van der Waals surface area (Å²) in [4.78, 5) is 11.2. The fourth-order valence-corrected chi connectivity index (χ4v) is 1.89. The Kier molecular flexibility index (Phi) is 2.21. The molecule has 3 heteroatoms. The molecule has 1 aromatic rings. The Hall–Kier alpha value is -0.700. The first-order chi connectivity index (χ1) is 5.86. The summed E-state index contributed by atoms with van der Waals surface area (Å²) >= 11 is 1.37. The predicted molar refractivity (Wildman–Crippen MR) is 47.7 cm³/mol. The summed E-state index contributed by atoms with van der Waals surface area (Å²) in [6, 6.07) is 3.74. The smallest absolute Gasteiger partial charge is 0.192 e. The molecule has 0 amide bonds. The lowest BCUT2D eigenvalue weighted by Gasteiger charge is -1.94. The van der Waals surface area contributed by atoms with E-state index in [2.05, 4.69) is 0 Å². The van der Waals surface area contributed by atoms with Crippen molar-refractivity contribution in [3.8, 4) is 0 Å². The van der Waals surface area contributed by atoms with Crippen LogP contribution in [0.15, 0.2) is 22.8 Å². The molecule has 1 fully saturated rings. The van der Waals surface area contributed by atoms with Crippen molar-refractivity contribution < 1.29 is 9.21 Å². The van der Waals surface area contributed by atoms with Gasteiger partial charge in [-0.1, -0.05) is 11.8 Å². The molecule has 0 saturated heterocycles. The Morgan fingerprint density at radius 2 is 2.50 bits per heavy atom. The molecule has 0 spiro atoms. The molecule has 2 rings (SSSR count). The van der Waals surface area contributed by atoms with Crippen LogP contribution in [-0.2, 0) is 10.5 Å². The van der Waals surface area contributed by atoms with Gasteiger partial charge in [-0.25, -0.2) is 0 Å². The molecule has 0 aromatic carbocycles. The van der Waals surface area contributed by atoms with Gasteiger partial charge in [0.05, 0.1) is 12.0 Å². The zero-order valence-corrected chi connectivity index (χ0v) is 7.47. The van der Waals surface area contributed by atoms with E-state index in [1.165, 1.54) is 11.8 Å². The highest BCUT2D eigenvalue weighted by atomic mass is 32.2. The van der Waals surface area contributed by atoms with Crippen molar-refractivity contribution in [1.29, 1.82) is 0 Å². The fraction of sp³-hybridized carbons (Fsp3) is 0.444. The third kappa shape index (κ3) is 1.91. The molecule has 1 aromatic heterocycles. The van der Waals surface area contributed by atoms with Gasteiger partial charge in [-0.15, -0.1) is 0 Å². The van der Waals surface area contributed by atoms with E-state index in [1.54, 1.807) is 6.26 Å². The van der Waals surface area contributed by atoms with Crippen LogP contribution in [0.1, 0.15) is 18.6 Å². The second kappa shape index (κ2) is 3.35. The summed E-state index contributed by atoms with van der Waals surface area (Å²) in [5.41, 5.74) is 0. The third-order valence-electron chi connectivity index (χ3n) is 1.85. The molecule has 1 heterocycles. The lowest BCUT2D eigenvalue weighted by atomic mass is 10.5. The van der Waals surface area contributed by atoms with E-state index in [9.17, 15) is 4.79 Å². The maximum atomic E-state index is 11.2. The Labute approximate surface area is 75.3 Å². The first kappa shape index (κ1) is 7.92. The summed E-state index contributed by atoms with van der Waals surface area (Å²) in [7, 11) is 0. The van der Waals surface area contributed by atoms with Crippen molar-refractivity contribution >= 4 is 16.9 Å². The van der Waals surface area contributed by atoms with Crippen molar-refractivity contribution in [2.24, 2.45) is 5.92 Å². The standard InChI is InChI=1S/C9H10O2S/c10-9(7-3-4-7)12-6-8-2-1-5-11-8/h1-2,5,7H,3-4,6H2. The molecule has 0 aliphatic heterocycles. The molecule has 0 unspecified atom stereocenters. The van der Waals surface area contributed by atoms with Crippen molar-refractivity contribution in [1.82, 2.24) is 0 Å². The van der Waals surface area contributed by atoms with Gasteiger partial charge in [0.2, 0.25) is 0 Å². The number of thioether (sulfide) groups is 1. The average Bonchev–Trinajstić information content (AvgIpc) is 2.80. The quantitative estimate of drug-likeness (QED) is 0.719. The van der Waals surface area contributed by atoms with Crippen LogP contribution in [0.2, 0.25) is 0 Å². The van der Waals surface area contributed by atoms with Gasteiger partial charge < -0.3 is 4.42 Å². The molecular formula is C9H10O2S. The topological polar surface area (TPSA) is 30.2 Å². The highest BCUT2D eigenvalue weighted by molar-refractivity contribution is 8.13. The third-order valence-corrected chi connectivity index (χ3v) is 2.89. The lowest BCUT2D eigenvalue weighted by Crippen LogP contribution is -1.93. The van der Waals surface area contributed by atoms with Crippen molar-refractivity contribution in [2.45, 2.75) is 18.6 Å². The molecule has 1 saturated carbocycles. The Morgan fingerprint density at radius 1 is 1.67 bits per heavy atom. The van der Waals surface area contributed by atoms with E-state index in [4.69, 9.17) is 4.42 Å². The van der Waals surface area contributed by atoms with Crippen molar-refractivity contribution in [2.75, 3.05) is 0 Å². The van der Waals surface area contributed by atoms with Crippen LogP contribution < -0.4 is 0 Å². The predicted octanol–water partition coefficient (Wildman–Crippen LogP) is 2.45. The number of carbonyl (C=O) groups is 1. The number of hydrogen-bond donors (Lipinski definition) is 0. The molecule has 0 bridgehead atoms.